The first kappa shape index (κ1) is 25.4. The number of rotatable bonds is 8. The first-order valence-electron chi connectivity index (χ1n) is 10.3. The highest BCUT2D eigenvalue weighted by molar-refractivity contribution is 5.74. The molecule has 0 amide bonds. The van der Waals surface area contributed by atoms with Crippen molar-refractivity contribution < 1.29 is 6.53 Å². The van der Waals surface area contributed by atoms with Crippen molar-refractivity contribution in [3.8, 4) is 0 Å². The number of unbranched alkanes of at least 4 members (excludes halogenated alkanes) is 3. The summed E-state index contributed by atoms with van der Waals surface area (Å²) >= 11 is 0. The van der Waals surface area contributed by atoms with E-state index >= 15 is 0 Å². The summed E-state index contributed by atoms with van der Waals surface area (Å²) < 4.78 is 0. The fourth-order valence-corrected chi connectivity index (χ4v) is 2.36. The van der Waals surface area contributed by atoms with E-state index in [4.69, 9.17) is 0 Å². The molecule has 1 aromatic carbocycles. The van der Waals surface area contributed by atoms with Crippen molar-refractivity contribution in [2.24, 2.45) is 0 Å². The fraction of sp³-hybridized carbons (Fsp3) is 0.417. The minimum absolute atomic E-state index is 0. The van der Waals surface area contributed by atoms with Gasteiger partial charge >= 0.3 is 0 Å². The Hall–Kier alpha value is -2.62. The van der Waals surface area contributed by atoms with E-state index < -0.39 is 0 Å². The van der Waals surface area contributed by atoms with Gasteiger partial charge in [0.05, 0.1) is 16.7 Å². The van der Waals surface area contributed by atoms with Crippen LogP contribution in [0.1, 0.15) is 67.3 Å². The quantitative estimate of drug-likeness (QED) is 0.289. The molecule has 0 radical (unpaired) electrons. The van der Waals surface area contributed by atoms with E-state index in [1.165, 1.54) is 25.7 Å². The monoisotopic (exact) mass is 385 g/mol. The van der Waals surface area contributed by atoms with E-state index in [0.29, 0.717) is 12.2 Å². The molecule has 0 saturated heterocycles. The summed E-state index contributed by atoms with van der Waals surface area (Å²) in [5.74, 6) is 0.170. The number of benzene rings is 1. The predicted molar refractivity (Wildman–Crippen MR) is 124 cm³/mol. The maximum absolute atomic E-state index is 9.80. The number of nitrogens with one attached hydrogen (secondary N) is 1. The number of nitrogens with zero attached hydrogens (tertiary/aromatic N) is 2. The molecule has 2 aromatic rings. The van der Waals surface area contributed by atoms with E-state index in [9.17, 15) is 5.11 Å². The Balaban J connectivity index is 0. The molecule has 0 saturated carbocycles. The Morgan fingerprint density at radius 3 is 2.25 bits per heavy atom. The van der Waals surface area contributed by atoms with Gasteiger partial charge in [0.1, 0.15) is 5.76 Å². The first-order valence-corrected chi connectivity index (χ1v) is 10.3. The van der Waals surface area contributed by atoms with Crippen LogP contribution < -0.4 is 5.32 Å². The highest BCUT2D eigenvalue weighted by Gasteiger charge is 2.02. The van der Waals surface area contributed by atoms with E-state index in [1.807, 2.05) is 45.0 Å². The van der Waals surface area contributed by atoms with E-state index in [-0.39, 0.29) is 7.19 Å². The molecule has 0 atom stereocenters. The van der Waals surface area contributed by atoms with Crippen LogP contribution in [0, 0.1) is 0 Å². The second-order valence-electron chi connectivity index (χ2n) is 5.93. The number of aromatic nitrogens is 2. The van der Waals surface area contributed by atoms with Crippen LogP contribution in [0.25, 0.3) is 11.0 Å². The van der Waals surface area contributed by atoms with Gasteiger partial charge in [-0.1, -0.05) is 78.2 Å². The Bertz CT molecular complexity index is 738. The van der Waals surface area contributed by atoms with Gasteiger partial charge in [-0.05, 0) is 30.7 Å². The second kappa shape index (κ2) is 16.5. The van der Waals surface area contributed by atoms with Crippen LogP contribution in [0.2, 0.25) is 0 Å². The number of fused-ring (bicyclic) bond motifs is 1. The summed E-state index contributed by atoms with van der Waals surface area (Å²) in [6.07, 6.45) is 13.8. The molecule has 2 N–H and O–H groups in total. The maximum Gasteiger partial charge on any atom is 0.138 e. The molecule has 28 heavy (non-hydrogen) atoms. The van der Waals surface area contributed by atoms with Gasteiger partial charge in [0, 0.05) is 20.4 Å². The average Bonchev–Trinajstić information content (AvgIpc) is 2.74. The summed E-state index contributed by atoms with van der Waals surface area (Å²) in [7, 11) is 0. The molecule has 0 aliphatic heterocycles. The normalized spacial score (nSPS) is 11.0. The van der Waals surface area contributed by atoms with Crippen LogP contribution in [0.3, 0.4) is 0 Å². The zero-order valence-corrected chi connectivity index (χ0v) is 18.2. The van der Waals surface area contributed by atoms with Crippen molar-refractivity contribution in [2.45, 2.75) is 66.8 Å². The van der Waals surface area contributed by atoms with Gasteiger partial charge in [-0.15, -0.1) is 0 Å². The summed E-state index contributed by atoms with van der Waals surface area (Å²) in [6, 6.07) is 5.91. The first-order chi connectivity index (χ1) is 13.7. The molecular weight excluding hydrogens is 346 g/mol. The lowest BCUT2D eigenvalue weighted by Crippen LogP contribution is -2.14. The zero-order chi connectivity index (χ0) is 21.2. The third-order valence-electron chi connectivity index (χ3n) is 3.81. The Kier molecular flexibility index (Phi) is 15.0. The van der Waals surface area contributed by atoms with Crippen molar-refractivity contribution in [1.82, 2.24) is 15.3 Å². The summed E-state index contributed by atoms with van der Waals surface area (Å²) in [5, 5.41) is 13.0. The molecule has 1 aromatic heterocycles. The van der Waals surface area contributed by atoms with Crippen LogP contribution in [0.4, 0.5) is 0 Å². The minimum Gasteiger partial charge on any atom is -0.506 e. The summed E-state index contributed by atoms with van der Waals surface area (Å²) in [6.45, 7) is 14.5. The summed E-state index contributed by atoms with van der Waals surface area (Å²) in [5.41, 5.74) is 3.48. The molecule has 2 rings (SSSR count). The third kappa shape index (κ3) is 9.91. The highest BCUT2D eigenvalue weighted by atomic mass is 16.3. The molecule has 4 heteroatoms. The largest absolute Gasteiger partial charge is 0.506 e. The van der Waals surface area contributed by atoms with Crippen LogP contribution >= 0.6 is 0 Å². The zero-order valence-electron chi connectivity index (χ0n) is 18.2. The van der Waals surface area contributed by atoms with Gasteiger partial charge in [0.15, 0.2) is 0 Å². The molecule has 0 aliphatic rings. The lowest BCUT2D eigenvalue weighted by Gasteiger charge is -2.10. The van der Waals surface area contributed by atoms with Gasteiger partial charge in [-0.2, -0.15) is 0 Å². The van der Waals surface area contributed by atoms with E-state index in [2.05, 4.69) is 35.7 Å². The summed E-state index contributed by atoms with van der Waals surface area (Å²) in [4.78, 5) is 8.51. The predicted octanol–water partition coefficient (Wildman–Crippen LogP) is 7.11. The van der Waals surface area contributed by atoms with Gasteiger partial charge in [0.25, 0.3) is 0 Å². The minimum atomic E-state index is 0. The van der Waals surface area contributed by atoms with Crippen LogP contribution in [0.5, 0.6) is 0 Å². The fourth-order valence-electron chi connectivity index (χ4n) is 2.36. The van der Waals surface area contributed by atoms with Crippen molar-refractivity contribution in [2.75, 3.05) is 0 Å². The number of allylic oxidation sites excluding steroid dienone is 3. The van der Waals surface area contributed by atoms with Crippen molar-refractivity contribution >= 4 is 11.0 Å². The third-order valence-corrected chi connectivity index (χ3v) is 3.81. The van der Waals surface area contributed by atoms with Gasteiger partial charge in [-0.25, -0.2) is 0 Å². The molecule has 0 unspecified atom stereocenters. The number of hydrogen-bond acceptors (Lipinski definition) is 4. The smallest absolute Gasteiger partial charge is 0.138 e. The Labute approximate surface area is 172 Å². The topological polar surface area (TPSA) is 58.0 Å². The van der Waals surface area contributed by atoms with Crippen LogP contribution in [-0.4, -0.2) is 15.1 Å². The SMILES string of the molecule is C=C/C=C(O)\C(=C/C)NCc1ccc2nccnc2c1.CC.CCCCCC.[HH]. The number of aliphatic hydroxyl groups excluding tert-OH is 1. The van der Waals surface area contributed by atoms with Gasteiger partial charge in [0.2, 0.25) is 0 Å². The molecule has 0 aliphatic carbocycles. The average molecular weight is 386 g/mol. The van der Waals surface area contributed by atoms with Crippen molar-refractivity contribution in [3.63, 3.8) is 0 Å². The van der Waals surface area contributed by atoms with Gasteiger partial charge in [-0.3, -0.25) is 9.97 Å². The molecule has 156 valence electrons. The molecule has 4 nitrogen and oxygen atoms in total. The standard InChI is InChI=1S/C16H17N3O.C6H14.C2H6.H2/c1-3-5-16(20)13(4-2)19-11-12-6-7-14-15(10-12)18-9-8-17-14;1-3-5-6-4-2;1-2;/h3-10,19-20H,1,11H2,2H3;3-6H2,1-2H3;1-2H3;1H/b13-4+,16-5+;;;. The van der Waals surface area contributed by atoms with Crippen LogP contribution in [0.15, 0.2) is 66.9 Å². The van der Waals surface area contributed by atoms with E-state index in [0.717, 1.165) is 16.6 Å². The molecular formula is C24H39N3O. The lowest BCUT2D eigenvalue weighted by molar-refractivity contribution is 0.413. The Morgan fingerprint density at radius 2 is 1.71 bits per heavy atom. The highest BCUT2D eigenvalue weighted by Crippen LogP contribution is 2.12. The molecule has 0 bridgehead atoms. The van der Waals surface area contributed by atoms with Crippen LogP contribution in [-0.2, 0) is 6.54 Å². The number of hydrogen-bond donors (Lipinski definition) is 2. The lowest BCUT2D eigenvalue weighted by atomic mass is 10.2. The van der Waals surface area contributed by atoms with E-state index in [1.54, 1.807) is 24.5 Å². The molecule has 0 fully saturated rings. The van der Waals surface area contributed by atoms with Crippen molar-refractivity contribution in [3.05, 3.63) is 72.4 Å². The van der Waals surface area contributed by atoms with Crippen molar-refractivity contribution in [1.29, 1.82) is 0 Å². The van der Waals surface area contributed by atoms with Gasteiger partial charge < -0.3 is 10.4 Å². The maximum atomic E-state index is 9.80. The Morgan fingerprint density at radius 1 is 1.11 bits per heavy atom. The molecule has 0 spiro atoms. The second-order valence-corrected chi connectivity index (χ2v) is 5.93. The number of aliphatic hydroxyl groups is 1. The molecule has 1 heterocycles.